The van der Waals surface area contributed by atoms with Crippen LogP contribution in [0.4, 0.5) is 0 Å². The van der Waals surface area contributed by atoms with E-state index in [0.717, 1.165) is 12.2 Å². The summed E-state index contributed by atoms with van der Waals surface area (Å²) in [7, 11) is 0. The van der Waals surface area contributed by atoms with Crippen LogP contribution in [-0.4, -0.2) is 27.9 Å². The van der Waals surface area contributed by atoms with Gasteiger partial charge in [0.1, 0.15) is 11.8 Å². The van der Waals surface area contributed by atoms with Crippen molar-refractivity contribution in [3.63, 3.8) is 0 Å². The molecular formula is C14H17N3OS. The number of nitrogens with one attached hydrogen (secondary N) is 1. The Bertz CT molecular complexity index is 480. The summed E-state index contributed by atoms with van der Waals surface area (Å²) in [6, 6.07) is 5.46. The zero-order valence-electron chi connectivity index (χ0n) is 10.9. The van der Waals surface area contributed by atoms with Gasteiger partial charge in [-0.15, -0.1) is 0 Å². The predicted molar refractivity (Wildman–Crippen MR) is 76.0 cm³/mol. The highest BCUT2D eigenvalue weighted by Crippen LogP contribution is 2.29. The first-order valence-electron chi connectivity index (χ1n) is 6.53. The SMILES string of the molecule is CCSC1CCCC1NC(=O)c1ccc(C#N)cn1. The average molecular weight is 275 g/mol. The van der Waals surface area contributed by atoms with Crippen LogP contribution in [0.25, 0.3) is 0 Å². The summed E-state index contributed by atoms with van der Waals surface area (Å²) in [5.74, 6) is 0.935. The Balaban J connectivity index is 1.98. The molecule has 1 fully saturated rings. The first kappa shape index (κ1) is 13.9. The molecule has 1 saturated carbocycles. The summed E-state index contributed by atoms with van der Waals surface area (Å²) in [5.41, 5.74) is 0.850. The zero-order valence-corrected chi connectivity index (χ0v) is 11.7. The molecule has 5 heteroatoms. The molecule has 0 saturated heterocycles. The van der Waals surface area contributed by atoms with Crippen LogP contribution in [0.1, 0.15) is 42.2 Å². The van der Waals surface area contributed by atoms with Crippen LogP contribution < -0.4 is 5.32 Å². The number of pyridine rings is 1. The first-order chi connectivity index (χ1) is 9.24. The molecule has 2 rings (SSSR count). The van der Waals surface area contributed by atoms with Gasteiger partial charge in [-0.1, -0.05) is 13.3 Å². The van der Waals surface area contributed by atoms with E-state index in [1.807, 2.05) is 17.8 Å². The van der Waals surface area contributed by atoms with E-state index >= 15 is 0 Å². The normalized spacial score (nSPS) is 21.9. The molecule has 19 heavy (non-hydrogen) atoms. The van der Waals surface area contributed by atoms with Gasteiger partial charge in [-0.2, -0.15) is 17.0 Å². The van der Waals surface area contributed by atoms with Crippen LogP contribution in [0.2, 0.25) is 0 Å². The zero-order chi connectivity index (χ0) is 13.7. The number of thioether (sulfide) groups is 1. The third-order valence-corrected chi connectivity index (χ3v) is 4.60. The molecule has 1 aromatic heterocycles. The average Bonchev–Trinajstić information content (AvgIpc) is 2.86. The third-order valence-electron chi connectivity index (χ3n) is 3.28. The summed E-state index contributed by atoms with van der Waals surface area (Å²) in [5, 5.41) is 12.3. The van der Waals surface area contributed by atoms with Crippen LogP contribution in [0, 0.1) is 11.3 Å². The van der Waals surface area contributed by atoms with E-state index in [2.05, 4.69) is 17.2 Å². The van der Waals surface area contributed by atoms with Crippen molar-refractivity contribution in [2.45, 2.75) is 37.5 Å². The lowest BCUT2D eigenvalue weighted by molar-refractivity contribution is 0.0933. The van der Waals surface area contributed by atoms with Crippen LogP contribution in [0.5, 0.6) is 0 Å². The lowest BCUT2D eigenvalue weighted by atomic mass is 10.2. The molecule has 2 unspecified atom stereocenters. The molecule has 1 aromatic rings. The first-order valence-corrected chi connectivity index (χ1v) is 7.58. The third kappa shape index (κ3) is 3.48. The van der Waals surface area contributed by atoms with Crippen LogP contribution in [0.15, 0.2) is 18.3 Å². The molecule has 1 N–H and O–H groups in total. The minimum Gasteiger partial charge on any atom is -0.347 e. The Labute approximate surface area is 117 Å². The largest absolute Gasteiger partial charge is 0.347 e. The maximum Gasteiger partial charge on any atom is 0.270 e. The summed E-state index contributed by atoms with van der Waals surface area (Å²) >= 11 is 1.91. The Hall–Kier alpha value is -1.54. The van der Waals surface area contributed by atoms with Crippen molar-refractivity contribution in [2.75, 3.05) is 5.75 Å². The number of amides is 1. The molecule has 2 atom stereocenters. The van der Waals surface area contributed by atoms with E-state index in [9.17, 15) is 4.79 Å². The molecule has 0 radical (unpaired) electrons. The summed E-state index contributed by atoms with van der Waals surface area (Å²) < 4.78 is 0. The maximum absolute atomic E-state index is 12.1. The second-order valence-electron chi connectivity index (χ2n) is 4.55. The van der Waals surface area contributed by atoms with E-state index in [1.165, 1.54) is 19.0 Å². The number of nitrogens with zero attached hydrogens (tertiary/aromatic N) is 2. The van der Waals surface area contributed by atoms with Gasteiger partial charge in [0, 0.05) is 17.5 Å². The highest BCUT2D eigenvalue weighted by molar-refractivity contribution is 7.99. The van der Waals surface area contributed by atoms with E-state index in [1.54, 1.807) is 12.1 Å². The second kappa shape index (κ2) is 6.58. The van der Waals surface area contributed by atoms with E-state index in [-0.39, 0.29) is 11.9 Å². The molecule has 1 aliphatic rings. The minimum atomic E-state index is -0.141. The predicted octanol–water partition coefficient (Wildman–Crippen LogP) is 2.36. The van der Waals surface area contributed by atoms with Crippen molar-refractivity contribution in [3.8, 4) is 6.07 Å². The number of hydrogen-bond acceptors (Lipinski definition) is 4. The highest BCUT2D eigenvalue weighted by Gasteiger charge is 2.28. The molecule has 1 amide bonds. The van der Waals surface area contributed by atoms with Crippen LogP contribution >= 0.6 is 11.8 Å². The summed E-state index contributed by atoms with van der Waals surface area (Å²) in [4.78, 5) is 16.1. The lowest BCUT2D eigenvalue weighted by Gasteiger charge is -2.19. The Kier molecular flexibility index (Phi) is 4.80. The van der Waals surface area contributed by atoms with Crippen molar-refractivity contribution < 1.29 is 4.79 Å². The smallest absolute Gasteiger partial charge is 0.270 e. The molecule has 0 aromatic carbocycles. The fraction of sp³-hybridized carbons (Fsp3) is 0.500. The van der Waals surface area contributed by atoms with E-state index in [4.69, 9.17) is 5.26 Å². The Morgan fingerprint density at radius 3 is 3.05 bits per heavy atom. The number of carbonyl (C=O) groups is 1. The van der Waals surface area contributed by atoms with Gasteiger partial charge in [-0.3, -0.25) is 4.79 Å². The van der Waals surface area contributed by atoms with Crippen molar-refractivity contribution in [3.05, 3.63) is 29.6 Å². The lowest BCUT2D eigenvalue weighted by Crippen LogP contribution is -2.39. The Morgan fingerprint density at radius 1 is 1.58 bits per heavy atom. The number of carbonyl (C=O) groups excluding carboxylic acids is 1. The van der Waals surface area contributed by atoms with Gasteiger partial charge in [0.15, 0.2) is 0 Å². The summed E-state index contributed by atoms with van der Waals surface area (Å²) in [6.45, 7) is 2.14. The number of nitriles is 1. The van der Waals surface area contributed by atoms with E-state index < -0.39 is 0 Å². The standard InChI is InChI=1S/C14H17N3OS/c1-2-19-13-5-3-4-11(13)17-14(18)12-7-6-10(8-15)9-16-12/h6-7,9,11,13H,2-5H2,1H3,(H,17,18). The molecule has 1 aliphatic carbocycles. The molecule has 1 heterocycles. The van der Waals surface area contributed by atoms with Gasteiger partial charge < -0.3 is 5.32 Å². The number of hydrogen-bond donors (Lipinski definition) is 1. The van der Waals surface area contributed by atoms with Crippen LogP contribution in [0.3, 0.4) is 0 Å². The van der Waals surface area contributed by atoms with Gasteiger partial charge in [0.05, 0.1) is 5.56 Å². The topological polar surface area (TPSA) is 65.8 Å². The number of rotatable bonds is 4. The molecule has 0 spiro atoms. The van der Waals surface area contributed by atoms with Gasteiger partial charge in [0.25, 0.3) is 5.91 Å². The second-order valence-corrected chi connectivity index (χ2v) is 6.06. The molecule has 4 nitrogen and oxygen atoms in total. The summed E-state index contributed by atoms with van der Waals surface area (Å²) in [6.07, 6.45) is 4.81. The fourth-order valence-corrected chi connectivity index (χ4v) is 3.54. The van der Waals surface area contributed by atoms with E-state index in [0.29, 0.717) is 16.5 Å². The van der Waals surface area contributed by atoms with Gasteiger partial charge in [-0.05, 0) is 30.7 Å². The van der Waals surface area contributed by atoms with Gasteiger partial charge >= 0.3 is 0 Å². The van der Waals surface area contributed by atoms with Crippen molar-refractivity contribution in [1.82, 2.24) is 10.3 Å². The minimum absolute atomic E-state index is 0.141. The molecule has 0 aliphatic heterocycles. The quantitative estimate of drug-likeness (QED) is 0.916. The fourth-order valence-electron chi connectivity index (χ4n) is 2.34. The molecular weight excluding hydrogens is 258 g/mol. The van der Waals surface area contributed by atoms with Crippen molar-refractivity contribution >= 4 is 17.7 Å². The Morgan fingerprint density at radius 2 is 2.42 bits per heavy atom. The highest BCUT2D eigenvalue weighted by atomic mass is 32.2. The van der Waals surface area contributed by atoms with Gasteiger partial charge in [0.2, 0.25) is 0 Å². The monoisotopic (exact) mass is 275 g/mol. The van der Waals surface area contributed by atoms with Crippen molar-refractivity contribution in [2.24, 2.45) is 0 Å². The number of aromatic nitrogens is 1. The van der Waals surface area contributed by atoms with Gasteiger partial charge in [-0.25, -0.2) is 4.98 Å². The van der Waals surface area contributed by atoms with Crippen LogP contribution in [-0.2, 0) is 0 Å². The maximum atomic E-state index is 12.1. The molecule has 100 valence electrons. The molecule has 0 bridgehead atoms. The van der Waals surface area contributed by atoms with Crippen molar-refractivity contribution in [1.29, 1.82) is 5.26 Å².